The first kappa shape index (κ1) is 20.0. The van der Waals surface area contributed by atoms with Gasteiger partial charge in [-0.1, -0.05) is 0 Å². The molecule has 0 aliphatic rings. The Bertz CT molecular complexity index is 849. The molecule has 0 radical (unpaired) electrons. The van der Waals surface area contributed by atoms with Crippen LogP contribution in [0.25, 0.3) is 10.8 Å². The Labute approximate surface area is 125 Å². The van der Waals surface area contributed by atoms with Crippen molar-refractivity contribution in [3.63, 3.8) is 0 Å². The minimum absolute atomic E-state index is 0. The molecule has 0 heterocycles. The minimum atomic E-state index is -4.97. The summed E-state index contributed by atoms with van der Waals surface area (Å²) in [5.41, 5.74) is 0. The van der Waals surface area contributed by atoms with E-state index in [1.54, 1.807) is 0 Å². The Morgan fingerprint density at radius 1 is 0.682 bits per heavy atom. The lowest BCUT2D eigenvalue weighted by Crippen LogP contribution is -2.01. The second-order valence-electron chi connectivity index (χ2n) is 3.90. The molecule has 0 bridgehead atoms. The monoisotopic (exact) mass is 354 g/mol. The van der Waals surface area contributed by atoms with Gasteiger partial charge in [-0.25, -0.2) is 16.8 Å². The van der Waals surface area contributed by atoms with Gasteiger partial charge in [-0.05, 0) is 35.0 Å². The van der Waals surface area contributed by atoms with E-state index in [0.29, 0.717) is 0 Å². The highest BCUT2D eigenvalue weighted by atomic mass is 32.2. The molecule has 0 spiro atoms. The van der Waals surface area contributed by atoms with Crippen LogP contribution >= 0.6 is 0 Å². The van der Waals surface area contributed by atoms with E-state index in [9.17, 15) is 36.2 Å². The molecule has 2 aromatic carbocycles. The SMILES string of the molecule is O=S(=O)([O-])c1cc2cc(S(=O)(=O)[O-])c(O)cc2cc1O.[NH4+].[NH4+]. The van der Waals surface area contributed by atoms with Crippen LogP contribution in [0.5, 0.6) is 11.5 Å². The van der Waals surface area contributed by atoms with Crippen LogP contribution in [-0.2, 0) is 20.2 Å². The summed E-state index contributed by atoms with van der Waals surface area (Å²) in [6.07, 6.45) is 0. The molecule has 0 atom stereocenters. The number of phenolic OH excluding ortho intramolecular Hbond substituents is 2. The van der Waals surface area contributed by atoms with Crippen molar-refractivity contribution < 1.29 is 36.2 Å². The standard InChI is InChI=1S/C10H8O8S2.2H3N/c11-7-1-5-2-8(12)10(20(16,17)18)4-6(5)3-9(7)19(13,14)15;;/h1-4,11-12H,(H,13,14,15)(H,16,17,18);2*1H3. The molecule has 22 heavy (non-hydrogen) atoms. The summed E-state index contributed by atoms with van der Waals surface area (Å²) in [6.45, 7) is 0. The largest absolute Gasteiger partial charge is 0.744 e. The number of phenols is 2. The van der Waals surface area contributed by atoms with Crippen molar-refractivity contribution in [1.82, 2.24) is 12.3 Å². The molecule has 2 aromatic rings. The van der Waals surface area contributed by atoms with Crippen LogP contribution < -0.4 is 12.3 Å². The van der Waals surface area contributed by atoms with Crippen molar-refractivity contribution in [3.8, 4) is 11.5 Å². The normalized spacial score (nSPS) is 11.5. The van der Waals surface area contributed by atoms with Gasteiger partial charge in [-0.2, -0.15) is 0 Å². The summed E-state index contributed by atoms with van der Waals surface area (Å²) in [4.78, 5) is -1.91. The fraction of sp³-hybridized carbons (Fsp3) is 0. The average molecular weight is 354 g/mol. The first-order valence-corrected chi connectivity index (χ1v) is 7.73. The zero-order chi connectivity index (χ0) is 15.3. The van der Waals surface area contributed by atoms with Gasteiger partial charge in [0.15, 0.2) is 0 Å². The third-order valence-electron chi connectivity index (χ3n) is 2.53. The van der Waals surface area contributed by atoms with Gasteiger partial charge in [0.1, 0.15) is 31.7 Å². The Kier molecular flexibility index (Phi) is 5.50. The van der Waals surface area contributed by atoms with Crippen LogP contribution in [0.15, 0.2) is 34.1 Å². The summed E-state index contributed by atoms with van der Waals surface area (Å²) in [5.74, 6) is -1.69. The van der Waals surface area contributed by atoms with Crippen molar-refractivity contribution in [3.05, 3.63) is 24.3 Å². The van der Waals surface area contributed by atoms with E-state index >= 15 is 0 Å². The van der Waals surface area contributed by atoms with E-state index < -0.39 is 41.5 Å². The average Bonchev–Trinajstić information content (AvgIpc) is 2.24. The van der Waals surface area contributed by atoms with E-state index in [4.69, 9.17) is 0 Å². The maximum Gasteiger partial charge on any atom is 0.133 e. The van der Waals surface area contributed by atoms with Gasteiger partial charge in [-0.15, -0.1) is 0 Å². The van der Waals surface area contributed by atoms with Gasteiger partial charge in [0.25, 0.3) is 0 Å². The number of hydrogen-bond donors (Lipinski definition) is 4. The van der Waals surface area contributed by atoms with Crippen LogP contribution in [0.2, 0.25) is 0 Å². The van der Waals surface area contributed by atoms with Crippen LogP contribution in [0.4, 0.5) is 0 Å². The molecule has 124 valence electrons. The lowest BCUT2D eigenvalue weighted by atomic mass is 10.1. The number of benzene rings is 2. The van der Waals surface area contributed by atoms with Gasteiger partial charge in [0.05, 0.1) is 9.79 Å². The van der Waals surface area contributed by atoms with Gasteiger partial charge < -0.3 is 31.6 Å². The van der Waals surface area contributed by atoms with Crippen molar-refractivity contribution in [2.45, 2.75) is 9.79 Å². The van der Waals surface area contributed by atoms with E-state index in [1.807, 2.05) is 0 Å². The van der Waals surface area contributed by atoms with Crippen molar-refractivity contribution in [2.75, 3.05) is 0 Å². The molecule has 10 N–H and O–H groups in total. The van der Waals surface area contributed by atoms with E-state index in [2.05, 4.69) is 0 Å². The predicted molar refractivity (Wildman–Crippen MR) is 75.2 cm³/mol. The summed E-state index contributed by atoms with van der Waals surface area (Å²) < 4.78 is 65.4. The zero-order valence-corrected chi connectivity index (χ0v) is 13.1. The molecule has 0 fully saturated rings. The van der Waals surface area contributed by atoms with Crippen LogP contribution in [0, 0.1) is 0 Å². The number of aromatic hydroxyl groups is 2. The molecule has 0 amide bonds. The van der Waals surface area contributed by atoms with Crippen LogP contribution in [0.1, 0.15) is 0 Å². The van der Waals surface area contributed by atoms with Crippen molar-refractivity contribution >= 4 is 31.0 Å². The molecule has 0 aliphatic carbocycles. The lowest BCUT2D eigenvalue weighted by Gasteiger charge is -2.13. The highest BCUT2D eigenvalue weighted by Crippen LogP contribution is 2.33. The lowest BCUT2D eigenvalue weighted by molar-refractivity contribution is 0.435. The van der Waals surface area contributed by atoms with Gasteiger partial charge in [0, 0.05) is 0 Å². The first-order valence-electron chi connectivity index (χ1n) is 4.91. The number of fused-ring (bicyclic) bond motifs is 1. The fourth-order valence-electron chi connectivity index (χ4n) is 1.68. The smallest absolute Gasteiger partial charge is 0.133 e. The maximum absolute atomic E-state index is 10.9. The second kappa shape index (κ2) is 6.04. The van der Waals surface area contributed by atoms with Crippen LogP contribution in [0.3, 0.4) is 0 Å². The Morgan fingerprint density at radius 2 is 0.955 bits per heavy atom. The predicted octanol–water partition coefficient (Wildman–Crippen LogP) is 0.812. The van der Waals surface area contributed by atoms with E-state index in [-0.39, 0.29) is 23.1 Å². The quantitative estimate of drug-likeness (QED) is 0.562. The molecular weight excluding hydrogens is 340 g/mol. The van der Waals surface area contributed by atoms with E-state index in [0.717, 1.165) is 24.3 Å². The number of rotatable bonds is 2. The molecule has 0 saturated carbocycles. The molecule has 0 unspecified atom stereocenters. The minimum Gasteiger partial charge on any atom is -0.744 e. The molecule has 0 saturated heterocycles. The summed E-state index contributed by atoms with van der Waals surface area (Å²) >= 11 is 0. The van der Waals surface area contributed by atoms with Crippen LogP contribution in [-0.4, -0.2) is 36.2 Å². The summed E-state index contributed by atoms with van der Waals surface area (Å²) in [7, 11) is -9.95. The zero-order valence-electron chi connectivity index (χ0n) is 11.5. The topological polar surface area (TPSA) is 228 Å². The third kappa shape index (κ3) is 3.62. The number of hydrogen-bond acceptors (Lipinski definition) is 8. The first-order chi connectivity index (χ1) is 9.00. The van der Waals surface area contributed by atoms with Gasteiger partial charge >= 0.3 is 0 Å². The molecule has 2 rings (SSSR count). The van der Waals surface area contributed by atoms with E-state index in [1.165, 1.54) is 0 Å². The second-order valence-corrected chi connectivity index (χ2v) is 6.59. The molecule has 0 aliphatic heterocycles. The van der Waals surface area contributed by atoms with Gasteiger partial charge in [-0.3, -0.25) is 0 Å². The molecule has 0 aromatic heterocycles. The van der Waals surface area contributed by atoms with Crippen molar-refractivity contribution in [1.29, 1.82) is 0 Å². The molecular formula is C10H14N2O8S2. The Morgan fingerprint density at radius 3 is 1.23 bits per heavy atom. The molecule has 10 nitrogen and oxygen atoms in total. The Hall–Kier alpha value is -1.96. The fourth-order valence-corrected chi connectivity index (χ4v) is 2.86. The van der Waals surface area contributed by atoms with Gasteiger partial charge in [0.2, 0.25) is 0 Å². The summed E-state index contributed by atoms with van der Waals surface area (Å²) in [6, 6.07) is 3.17. The Balaban J connectivity index is 0.00000220. The maximum atomic E-state index is 10.9. The highest BCUT2D eigenvalue weighted by molar-refractivity contribution is 7.86. The molecule has 12 heteroatoms. The third-order valence-corrected chi connectivity index (χ3v) is 4.27. The van der Waals surface area contributed by atoms with Crippen molar-refractivity contribution in [2.24, 2.45) is 0 Å². The summed E-state index contributed by atoms with van der Waals surface area (Å²) in [5, 5.41) is 18.8. The number of quaternary nitrogens is 2. The highest BCUT2D eigenvalue weighted by Gasteiger charge is 2.14.